The van der Waals surface area contributed by atoms with Crippen LogP contribution in [-0.4, -0.2) is 104 Å². The van der Waals surface area contributed by atoms with Gasteiger partial charge in [0.15, 0.2) is 0 Å². The highest BCUT2D eigenvalue weighted by molar-refractivity contribution is 5.96. The molecule has 250 valence electrons. The molecule has 2 aromatic carbocycles. The predicted octanol–water partition coefficient (Wildman–Crippen LogP) is 4.85. The van der Waals surface area contributed by atoms with Gasteiger partial charge in [0.1, 0.15) is 11.3 Å². The summed E-state index contributed by atoms with van der Waals surface area (Å²) in [6, 6.07) is 9.73. The van der Waals surface area contributed by atoms with E-state index in [1.165, 1.54) is 26.3 Å². The molecule has 0 unspecified atom stereocenters. The van der Waals surface area contributed by atoms with Crippen molar-refractivity contribution in [2.75, 3.05) is 78.4 Å². The Balaban J connectivity index is 0.000000606. The Kier molecular flexibility index (Phi) is 11.5. The van der Waals surface area contributed by atoms with Crippen molar-refractivity contribution in [3.05, 3.63) is 77.0 Å². The van der Waals surface area contributed by atoms with Crippen LogP contribution in [0, 0.1) is 0 Å². The first kappa shape index (κ1) is 34.9. The minimum absolute atomic E-state index is 0.0437. The van der Waals surface area contributed by atoms with Gasteiger partial charge in [-0.05, 0) is 50.0 Å². The molecule has 15 heteroatoms. The largest absolute Gasteiger partial charge is 0.438 e. The third-order valence-corrected chi connectivity index (χ3v) is 7.47. The zero-order chi connectivity index (χ0) is 33.5. The lowest BCUT2D eigenvalue weighted by molar-refractivity contribution is -0.143. The molecule has 2 aliphatic rings. The second-order valence-corrected chi connectivity index (χ2v) is 11.2. The number of nitrogens with zero attached hydrogens (tertiary/aromatic N) is 6. The van der Waals surface area contributed by atoms with E-state index in [1.807, 2.05) is 11.9 Å². The summed E-state index contributed by atoms with van der Waals surface area (Å²) in [5, 5.41) is 3.27. The molecule has 2 saturated heterocycles. The number of alkyl halides is 6. The number of carbonyl (C=O) groups is 1. The number of hydrogen-bond acceptors (Lipinski definition) is 8. The minimum atomic E-state index is -5.00. The summed E-state index contributed by atoms with van der Waals surface area (Å²) in [5.74, 6) is -0.107. The Morgan fingerprint density at radius 1 is 0.870 bits per heavy atom. The number of aromatic nitrogens is 2. The van der Waals surface area contributed by atoms with Crippen molar-refractivity contribution < 1.29 is 35.9 Å². The Hall–Kier alpha value is -3.95. The molecule has 0 spiro atoms. The second kappa shape index (κ2) is 15.1. The van der Waals surface area contributed by atoms with Crippen molar-refractivity contribution in [1.29, 1.82) is 0 Å². The van der Waals surface area contributed by atoms with E-state index in [0.717, 1.165) is 31.1 Å². The van der Waals surface area contributed by atoms with Crippen molar-refractivity contribution in [1.82, 2.24) is 30.0 Å². The number of anilines is 1. The average Bonchev–Trinajstić information content (AvgIpc) is 3.01. The van der Waals surface area contributed by atoms with E-state index in [0.29, 0.717) is 36.9 Å². The van der Waals surface area contributed by atoms with Crippen LogP contribution >= 0.6 is 0 Å². The van der Waals surface area contributed by atoms with E-state index in [2.05, 4.69) is 32.1 Å². The molecule has 0 bridgehead atoms. The predicted molar refractivity (Wildman–Crippen MR) is 161 cm³/mol. The Morgan fingerprint density at radius 3 is 1.96 bits per heavy atom. The molecule has 0 saturated carbocycles. The van der Waals surface area contributed by atoms with Gasteiger partial charge in [-0.2, -0.15) is 31.3 Å². The smallest absolute Gasteiger partial charge is 0.416 e. The van der Waals surface area contributed by atoms with Crippen molar-refractivity contribution in [2.24, 2.45) is 0 Å². The first-order valence-electron chi connectivity index (χ1n) is 14.7. The maximum absolute atomic E-state index is 13.4. The number of nitrogens with one attached hydrogen (secondary N) is 1. The zero-order valence-electron chi connectivity index (χ0n) is 25.8. The van der Waals surface area contributed by atoms with Gasteiger partial charge < -0.3 is 29.7 Å². The fraction of sp³-hybridized carbons (Fsp3) is 0.452. The molecule has 0 atom stereocenters. The van der Waals surface area contributed by atoms with Gasteiger partial charge in [0, 0.05) is 72.1 Å². The van der Waals surface area contributed by atoms with Crippen LogP contribution < -0.4 is 15.0 Å². The number of para-hydroxylation sites is 1. The van der Waals surface area contributed by atoms with E-state index in [-0.39, 0.29) is 23.1 Å². The molecule has 2 fully saturated rings. The number of halogens is 6. The third-order valence-electron chi connectivity index (χ3n) is 7.47. The molecule has 9 nitrogen and oxygen atoms in total. The van der Waals surface area contributed by atoms with Crippen molar-refractivity contribution in [3.63, 3.8) is 0 Å². The van der Waals surface area contributed by atoms with Gasteiger partial charge in [-0.15, -0.1) is 0 Å². The van der Waals surface area contributed by atoms with Crippen molar-refractivity contribution in [3.8, 4) is 11.6 Å². The molecule has 2 aliphatic heterocycles. The van der Waals surface area contributed by atoms with Crippen LogP contribution in [0.4, 0.5) is 32.3 Å². The van der Waals surface area contributed by atoms with Crippen molar-refractivity contribution in [2.45, 2.75) is 18.9 Å². The molecule has 1 aromatic heterocycles. The lowest BCUT2D eigenvalue weighted by Gasteiger charge is -2.32. The molecule has 1 amide bonds. The lowest BCUT2D eigenvalue weighted by atomic mass is 10.0. The lowest BCUT2D eigenvalue weighted by Crippen LogP contribution is -2.45. The molecule has 46 heavy (non-hydrogen) atoms. The van der Waals surface area contributed by atoms with E-state index in [1.54, 1.807) is 30.3 Å². The third kappa shape index (κ3) is 9.77. The number of piperazine rings is 2. The first-order chi connectivity index (χ1) is 21.7. The SMILES string of the molecule is CN1CCN(c2ncc(C(=O)N(C)Cc3cc(C(F)(F)F)cc(C(F)(F)F)c3)c(Oc3ccccc3)n2)CC1.CN1CCNCC1. The van der Waals surface area contributed by atoms with Gasteiger partial charge >= 0.3 is 12.4 Å². The Labute approximate surface area is 263 Å². The van der Waals surface area contributed by atoms with Crippen LogP contribution in [0.3, 0.4) is 0 Å². The van der Waals surface area contributed by atoms with Gasteiger partial charge in [0.2, 0.25) is 11.8 Å². The normalized spacial score (nSPS) is 16.4. The molecule has 3 heterocycles. The van der Waals surface area contributed by atoms with Gasteiger partial charge in [0.05, 0.1) is 11.1 Å². The van der Waals surface area contributed by atoms with E-state index < -0.39 is 35.9 Å². The highest BCUT2D eigenvalue weighted by Crippen LogP contribution is 2.37. The average molecular weight is 654 g/mol. The van der Waals surface area contributed by atoms with Crippen LogP contribution in [0.1, 0.15) is 27.0 Å². The summed E-state index contributed by atoms with van der Waals surface area (Å²) in [4.78, 5) is 29.5. The highest BCUT2D eigenvalue weighted by Gasteiger charge is 2.37. The Bertz CT molecular complexity index is 1410. The van der Waals surface area contributed by atoms with Gasteiger partial charge in [0.25, 0.3) is 5.91 Å². The number of likely N-dealkylation sites (N-methyl/N-ethyl adjacent to an activating group) is 2. The molecular formula is C31H37F6N7O2. The number of hydrogen-bond donors (Lipinski definition) is 1. The fourth-order valence-electron chi connectivity index (χ4n) is 4.78. The molecule has 3 aromatic rings. The minimum Gasteiger partial charge on any atom is -0.438 e. The summed E-state index contributed by atoms with van der Waals surface area (Å²) in [5.41, 5.74) is -3.35. The standard InChI is InChI=1S/C26H25F6N5O2.C5H12N2/c1-35-8-10-37(11-9-35)24-33-15-21(22(34-24)39-20-6-4-3-5-7-20)23(38)36(2)16-17-12-18(25(27,28)29)14-19(13-17)26(30,31)32;1-7-4-2-6-3-5-7/h3-7,12-15H,8-11,16H2,1-2H3;6H,2-5H2,1H3. The Morgan fingerprint density at radius 2 is 1.43 bits per heavy atom. The van der Waals surface area contributed by atoms with E-state index in [9.17, 15) is 31.1 Å². The second-order valence-electron chi connectivity index (χ2n) is 11.2. The van der Waals surface area contributed by atoms with Crippen LogP contribution in [0.25, 0.3) is 0 Å². The number of benzene rings is 2. The molecule has 5 rings (SSSR count). The molecule has 1 N–H and O–H groups in total. The van der Waals surface area contributed by atoms with Crippen LogP contribution in [-0.2, 0) is 18.9 Å². The first-order valence-corrected chi connectivity index (χ1v) is 14.7. The summed E-state index contributed by atoms with van der Waals surface area (Å²) >= 11 is 0. The maximum Gasteiger partial charge on any atom is 0.416 e. The van der Waals surface area contributed by atoms with Gasteiger partial charge in [-0.3, -0.25) is 4.79 Å². The zero-order valence-corrected chi connectivity index (χ0v) is 25.8. The van der Waals surface area contributed by atoms with Crippen molar-refractivity contribution >= 4 is 11.9 Å². The molecule has 0 aliphatic carbocycles. The summed E-state index contributed by atoms with van der Waals surface area (Å²) in [6.07, 6.45) is -8.74. The molecular weight excluding hydrogens is 616 g/mol. The van der Waals surface area contributed by atoms with E-state index in [4.69, 9.17) is 4.74 Å². The summed E-state index contributed by atoms with van der Waals surface area (Å²) < 4.78 is 85.6. The van der Waals surface area contributed by atoms with Crippen LogP contribution in [0.15, 0.2) is 54.7 Å². The number of carbonyl (C=O) groups excluding carboxylic acids is 1. The number of amides is 1. The number of ether oxygens (including phenoxy) is 1. The van der Waals surface area contributed by atoms with E-state index >= 15 is 0 Å². The van der Waals surface area contributed by atoms with Gasteiger partial charge in [-0.25, -0.2) is 4.98 Å². The fourth-order valence-corrected chi connectivity index (χ4v) is 4.78. The van der Waals surface area contributed by atoms with Gasteiger partial charge in [-0.1, -0.05) is 18.2 Å². The summed E-state index contributed by atoms with van der Waals surface area (Å²) in [6.45, 7) is 7.05. The number of rotatable bonds is 6. The topological polar surface area (TPSA) is 77.1 Å². The molecule has 0 radical (unpaired) electrons. The van der Waals surface area contributed by atoms with Crippen LogP contribution in [0.2, 0.25) is 0 Å². The quantitative estimate of drug-likeness (QED) is 0.379. The monoisotopic (exact) mass is 653 g/mol. The maximum atomic E-state index is 13.4. The summed E-state index contributed by atoms with van der Waals surface area (Å²) in [7, 11) is 5.40. The highest BCUT2D eigenvalue weighted by atomic mass is 19.4. The van der Waals surface area contributed by atoms with Crippen LogP contribution in [0.5, 0.6) is 11.6 Å².